The Morgan fingerprint density at radius 1 is 1.18 bits per heavy atom. The Morgan fingerprint density at radius 2 is 1.95 bits per heavy atom. The van der Waals surface area contributed by atoms with Crippen molar-refractivity contribution in [1.29, 1.82) is 0 Å². The van der Waals surface area contributed by atoms with Crippen LogP contribution in [0.4, 0.5) is 0 Å². The van der Waals surface area contributed by atoms with Crippen LogP contribution < -0.4 is 10.1 Å². The fraction of sp³-hybridized carbons (Fsp3) is 0.235. The first-order valence-electron chi connectivity index (χ1n) is 6.90. The number of alkyl halides is 1. The van der Waals surface area contributed by atoms with Gasteiger partial charge < -0.3 is 10.1 Å². The summed E-state index contributed by atoms with van der Waals surface area (Å²) in [5.74, 6) is 1.53. The zero-order valence-corrected chi connectivity index (χ0v) is 14.0. The Bertz CT molecular complexity index is 686. The topological polar surface area (TPSA) is 38.3 Å². The van der Waals surface area contributed by atoms with Crippen LogP contribution in [0.3, 0.4) is 0 Å². The van der Waals surface area contributed by atoms with Crippen molar-refractivity contribution in [3.8, 4) is 11.5 Å². The van der Waals surface area contributed by atoms with Gasteiger partial charge in [0.1, 0.15) is 11.5 Å². The summed E-state index contributed by atoms with van der Waals surface area (Å²) in [6.45, 7) is 4.28. The molecule has 0 radical (unpaired) electrons. The number of nitrogens with one attached hydrogen (secondary N) is 1. The summed E-state index contributed by atoms with van der Waals surface area (Å²) in [6, 6.07) is 10.8. The molecular weight excluding hydrogens is 321 g/mol. The van der Waals surface area contributed by atoms with Crippen LogP contribution in [0.2, 0.25) is 5.02 Å². The maximum atomic E-state index is 11.9. The number of carbonyl (C=O) groups excluding carboxylic acids is 1. The summed E-state index contributed by atoms with van der Waals surface area (Å²) in [4.78, 5) is 11.9. The third kappa shape index (κ3) is 4.15. The van der Waals surface area contributed by atoms with Crippen LogP contribution in [0.15, 0.2) is 36.4 Å². The molecule has 0 aromatic heterocycles. The molecule has 2 aromatic rings. The molecular formula is C17H17Cl2NO2. The van der Waals surface area contributed by atoms with E-state index < -0.39 is 0 Å². The van der Waals surface area contributed by atoms with E-state index in [1.54, 1.807) is 18.2 Å². The first kappa shape index (κ1) is 16.7. The van der Waals surface area contributed by atoms with Crippen molar-refractivity contribution >= 4 is 29.1 Å². The highest BCUT2D eigenvalue weighted by Gasteiger charge is 2.09. The second-order valence-corrected chi connectivity index (χ2v) is 5.73. The molecule has 2 aromatic carbocycles. The summed E-state index contributed by atoms with van der Waals surface area (Å²) >= 11 is 11.7. The van der Waals surface area contributed by atoms with Crippen LogP contribution in [0.5, 0.6) is 11.5 Å². The average molecular weight is 338 g/mol. The van der Waals surface area contributed by atoms with Gasteiger partial charge in [-0.1, -0.05) is 17.7 Å². The zero-order chi connectivity index (χ0) is 16.1. The van der Waals surface area contributed by atoms with Crippen LogP contribution in [-0.4, -0.2) is 18.3 Å². The van der Waals surface area contributed by atoms with E-state index >= 15 is 0 Å². The molecule has 5 heteroatoms. The Morgan fingerprint density at radius 3 is 2.68 bits per heavy atom. The summed E-state index contributed by atoms with van der Waals surface area (Å²) in [7, 11) is 0. The van der Waals surface area contributed by atoms with Gasteiger partial charge in [-0.3, -0.25) is 4.79 Å². The molecule has 0 fully saturated rings. The van der Waals surface area contributed by atoms with Crippen molar-refractivity contribution in [2.75, 3.05) is 12.4 Å². The molecule has 3 nitrogen and oxygen atoms in total. The molecule has 0 saturated carbocycles. The van der Waals surface area contributed by atoms with Gasteiger partial charge in [0.2, 0.25) is 0 Å². The molecule has 0 unspecified atom stereocenters. The number of halogens is 2. The second kappa shape index (κ2) is 7.52. The molecule has 1 amide bonds. The van der Waals surface area contributed by atoms with Crippen LogP contribution in [-0.2, 0) is 0 Å². The number of hydrogen-bond donors (Lipinski definition) is 1. The number of benzene rings is 2. The lowest BCUT2D eigenvalue weighted by Crippen LogP contribution is -2.25. The maximum Gasteiger partial charge on any atom is 0.251 e. The largest absolute Gasteiger partial charge is 0.457 e. The van der Waals surface area contributed by atoms with Crippen LogP contribution in [0.1, 0.15) is 21.5 Å². The Balaban J connectivity index is 2.20. The van der Waals surface area contributed by atoms with Crippen molar-refractivity contribution in [3.63, 3.8) is 0 Å². The fourth-order valence-corrected chi connectivity index (χ4v) is 2.27. The van der Waals surface area contributed by atoms with E-state index in [0.717, 1.165) is 16.9 Å². The summed E-state index contributed by atoms with van der Waals surface area (Å²) in [6.07, 6.45) is 0. The van der Waals surface area contributed by atoms with Crippen molar-refractivity contribution in [2.24, 2.45) is 0 Å². The van der Waals surface area contributed by atoms with Gasteiger partial charge in [-0.25, -0.2) is 0 Å². The normalized spacial score (nSPS) is 10.4. The lowest BCUT2D eigenvalue weighted by molar-refractivity contribution is 0.0955. The Kier molecular flexibility index (Phi) is 5.69. The quantitative estimate of drug-likeness (QED) is 0.801. The van der Waals surface area contributed by atoms with Crippen LogP contribution >= 0.6 is 23.2 Å². The smallest absolute Gasteiger partial charge is 0.251 e. The lowest BCUT2D eigenvalue weighted by Gasteiger charge is -2.12. The molecule has 116 valence electrons. The standard InChI is InChI=1S/C17H17Cl2NO2/c1-11-9-16(12(2)8-15(11)19)22-14-5-3-4-13(10-14)17(21)20-7-6-18/h3-5,8-10H,6-7H2,1-2H3,(H,20,21). The number of aryl methyl sites for hydroxylation is 2. The molecule has 0 heterocycles. The highest BCUT2D eigenvalue weighted by molar-refractivity contribution is 6.31. The van der Waals surface area contributed by atoms with E-state index in [1.165, 1.54) is 0 Å². The van der Waals surface area contributed by atoms with E-state index in [1.807, 2.05) is 32.0 Å². The van der Waals surface area contributed by atoms with Crippen LogP contribution in [0, 0.1) is 13.8 Å². The van der Waals surface area contributed by atoms with Crippen molar-refractivity contribution in [2.45, 2.75) is 13.8 Å². The van der Waals surface area contributed by atoms with Gasteiger partial charge in [0.25, 0.3) is 5.91 Å². The summed E-state index contributed by atoms with van der Waals surface area (Å²) in [5.41, 5.74) is 2.41. The summed E-state index contributed by atoms with van der Waals surface area (Å²) in [5, 5.41) is 3.43. The minimum atomic E-state index is -0.171. The van der Waals surface area contributed by atoms with Gasteiger partial charge in [0.15, 0.2) is 0 Å². The molecule has 22 heavy (non-hydrogen) atoms. The third-order valence-corrected chi connectivity index (χ3v) is 3.76. The number of hydrogen-bond acceptors (Lipinski definition) is 2. The third-order valence-electron chi connectivity index (χ3n) is 3.16. The molecule has 1 N–H and O–H groups in total. The van der Waals surface area contributed by atoms with Gasteiger partial charge >= 0.3 is 0 Å². The van der Waals surface area contributed by atoms with Gasteiger partial charge in [0, 0.05) is 23.0 Å². The molecule has 0 aliphatic heterocycles. The SMILES string of the molecule is Cc1cc(Oc2cccc(C(=O)NCCCl)c2)c(C)cc1Cl. The number of ether oxygens (including phenoxy) is 1. The van der Waals surface area contributed by atoms with Crippen molar-refractivity contribution in [1.82, 2.24) is 5.32 Å². The zero-order valence-electron chi connectivity index (χ0n) is 12.5. The number of carbonyl (C=O) groups is 1. The second-order valence-electron chi connectivity index (χ2n) is 4.94. The molecule has 2 rings (SSSR count). The Labute approximate surface area is 140 Å². The molecule has 0 atom stereocenters. The summed E-state index contributed by atoms with van der Waals surface area (Å²) < 4.78 is 5.88. The van der Waals surface area contributed by atoms with E-state index in [0.29, 0.717) is 28.8 Å². The van der Waals surface area contributed by atoms with Gasteiger partial charge in [-0.15, -0.1) is 11.6 Å². The molecule has 0 spiro atoms. The van der Waals surface area contributed by atoms with Gasteiger partial charge in [-0.2, -0.15) is 0 Å². The predicted octanol–water partition coefficient (Wildman–Crippen LogP) is 4.72. The van der Waals surface area contributed by atoms with Crippen LogP contribution in [0.25, 0.3) is 0 Å². The lowest BCUT2D eigenvalue weighted by atomic mass is 10.1. The predicted molar refractivity (Wildman–Crippen MR) is 90.5 cm³/mol. The molecule has 0 bridgehead atoms. The minimum absolute atomic E-state index is 0.171. The monoisotopic (exact) mass is 337 g/mol. The number of rotatable bonds is 5. The first-order chi connectivity index (χ1) is 10.5. The van der Waals surface area contributed by atoms with Crippen molar-refractivity contribution in [3.05, 3.63) is 58.1 Å². The van der Waals surface area contributed by atoms with Crippen molar-refractivity contribution < 1.29 is 9.53 Å². The first-order valence-corrected chi connectivity index (χ1v) is 7.81. The Hall–Kier alpha value is -1.71. The van der Waals surface area contributed by atoms with E-state index in [9.17, 15) is 4.79 Å². The highest BCUT2D eigenvalue weighted by Crippen LogP contribution is 2.30. The van der Waals surface area contributed by atoms with E-state index in [4.69, 9.17) is 27.9 Å². The minimum Gasteiger partial charge on any atom is -0.457 e. The molecule has 0 aliphatic carbocycles. The van der Waals surface area contributed by atoms with Gasteiger partial charge in [0.05, 0.1) is 0 Å². The highest BCUT2D eigenvalue weighted by atomic mass is 35.5. The fourth-order valence-electron chi connectivity index (χ4n) is 1.96. The average Bonchev–Trinajstić information content (AvgIpc) is 2.50. The molecule has 0 saturated heterocycles. The maximum absolute atomic E-state index is 11.9. The molecule has 0 aliphatic rings. The number of amides is 1. The van der Waals surface area contributed by atoms with Gasteiger partial charge in [-0.05, 0) is 55.3 Å². The van der Waals surface area contributed by atoms with E-state index in [2.05, 4.69) is 5.32 Å². The van der Waals surface area contributed by atoms with E-state index in [-0.39, 0.29) is 5.91 Å².